The van der Waals surface area contributed by atoms with Crippen molar-refractivity contribution in [3.05, 3.63) is 29.6 Å². The molecular weight excluding hydrogens is 196 g/mol. The average molecular weight is 220 g/mol. The van der Waals surface area contributed by atoms with Crippen LogP contribution in [0.15, 0.2) is 18.5 Å². The zero-order chi connectivity index (χ0) is 11.8. The molecule has 90 valence electrons. The Morgan fingerprint density at radius 2 is 2.12 bits per heavy atom. The Morgan fingerprint density at radius 3 is 2.81 bits per heavy atom. The van der Waals surface area contributed by atoms with E-state index in [0.717, 1.165) is 6.54 Å². The van der Waals surface area contributed by atoms with Crippen molar-refractivity contribution >= 4 is 0 Å². The topological polar surface area (TPSA) is 24.9 Å². The predicted molar refractivity (Wildman–Crippen MR) is 69.5 cm³/mol. The van der Waals surface area contributed by atoms with E-state index in [1.165, 1.54) is 36.8 Å². The highest BCUT2D eigenvalue weighted by atomic mass is 14.9. The van der Waals surface area contributed by atoms with Gasteiger partial charge in [-0.1, -0.05) is 26.2 Å². The largest absolute Gasteiger partial charge is 0.310 e. The maximum Gasteiger partial charge on any atom is 0.0318 e. The van der Waals surface area contributed by atoms with Crippen LogP contribution in [0.5, 0.6) is 0 Å². The minimum Gasteiger partial charge on any atom is -0.310 e. The van der Waals surface area contributed by atoms with Crippen molar-refractivity contribution in [1.82, 2.24) is 10.3 Å². The van der Waals surface area contributed by atoms with Gasteiger partial charge in [-0.3, -0.25) is 4.98 Å². The Hall–Kier alpha value is -0.890. The third kappa shape index (κ3) is 4.31. The van der Waals surface area contributed by atoms with Crippen LogP contribution in [0.2, 0.25) is 0 Å². The van der Waals surface area contributed by atoms with Crippen LogP contribution in [0.4, 0.5) is 0 Å². The molecule has 0 aliphatic heterocycles. The smallest absolute Gasteiger partial charge is 0.0318 e. The van der Waals surface area contributed by atoms with Gasteiger partial charge in [0.25, 0.3) is 0 Å². The molecule has 0 bridgehead atoms. The van der Waals surface area contributed by atoms with Crippen LogP contribution in [-0.4, -0.2) is 11.5 Å². The first-order valence-corrected chi connectivity index (χ1v) is 6.39. The second kappa shape index (κ2) is 7.39. The number of aromatic nitrogens is 1. The maximum atomic E-state index is 4.18. The van der Waals surface area contributed by atoms with Gasteiger partial charge < -0.3 is 5.32 Å². The molecule has 1 rings (SSSR count). The highest BCUT2D eigenvalue weighted by Crippen LogP contribution is 2.15. The molecule has 1 aromatic heterocycles. The molecule has 0 spiro atoms. The molecule has 0 amide bonds. The zero-order valence-corrected chi connectivity index (χ0v) is 10.8. The summed E-state index contributed by atoms with van der Waals surface area (Å²) in [6, 6.07) is 2.49. The van der Waals surface area contributed by atoms with Gasteiger partial charge in [-0.25, -0.2) is 0 Å². The summed E-state index contributed by atoms with van der Waals surface area (Å²) >= 11 is 0. The highest BCUT2D eigenvalue weighted by Gasteiger charge is 2.06. The number of rotatable bonds is 7. The molecule has 0 aromatic carbocycles. The number of pyridine rings is 1. The van der Waals surface area contributed by atoms with E-state index in [1.54, 1.807) is 0 Å². The normalized spacial score (nSPS) is 12.7. The molecular formula is C14H24N2. The van der Waals surface area contributed by atoms with Gasteiger partial charge in [-0.15, -0.1) is 0 Å². The van der Waals surface area contributed by atoms with E-state index in [-0.39, 0.29) is 0 Å². The van der Waals surface area contributed by atoms with E-state index in [2.05, 4.69) is 37.1 Å². The summed E-state index contributed by atoms with van der Waals surface area (Å²) < 4.78 is 0. The Bertz CT molecular complexity index is 297. The fourth-order valence-corrected chi connectivity index (χ4v) is 1.91. The first-order valence-electron chi connectivity index (χ1n) is 6.39. The summed E-state index contributed by atoms with van der Waals surface area (Å²) in [5, 5.41) is 3.56. The number of hydrogen-bond donors (Lipinski definition) is 1. The first-order chi connectivity index (χ1) is 7.75. The lowest BCUT2D eigenvalue weighted by Crippen LogP contribution is -2.20. The molecule has 0 fully saturated rings. The molecule has 1 atom stereocenters. The van der Waals surface area contributed by atoms with Crippen molar-refractivity contribution in [2.45, 2.75) is 52.5 Å². The third-order valence-corrected chi connectivity index (χ3v) is 3.03. The first kappa shape index (κ1) is 13.2. The van der Waals surface area contributed by atoms with E-state index >= 15 is 0 Å². The molecule has 2 nitrogen and oxygen atoms in total. The van der Waals surface area contributed by atoms with Gasteiger partial charge in [0.2, 0.25) is 0 Å². The Morgan fingerprint density at radius 1 is 1.31 bits per heavy atom. The number of nitrogens with one attached hydrogen (secondary N) is 1. The number of nitrogens with zero attached hydrogens (tertiary/aromatic N) is 1. The van der Waals surface area contributed by atoms with Gasteiger partial charge in [0.1, 0.15) is 0 Å². The fourth-order valence-electron chi connectivity index (χ4n) is 1.91. The maximum absolute atomic E-state index is 4.18. The van der Waals surface area contributed by atoms with Crippen molar-refractivity contribution in [3.8, 4) is 0 Å². The van der Waals surface area contributed by atoms with Gasteiger partial charge in [-0.2, -0.15) is 0 Å². The molecule has 0 radical (unpaired) electrons. The lowest BCUT2D eigenvalue weighted by molar-refractivity contribution is 0.534. The van der Waals surface area contributed by atoms with E-state index < -0.39 is 0 Å². The second-order valence-electron chi connectivity index (χ2n) is 4.47. The van der Waals surface area contributed by atoms with Crippen LogP contribution >= 0.6 is 0 Å². The lowest BCUT2D eigenvalue weighted by Gasteiger charge is -2.15. The molecule has 1 unspecified atom stereocenters. The van der Waals surface area contributed by atoms with Crippen LogP contribution in [0.3, 0.4) is 0 Å². The number of hydrogen-bond acceptors (Lipinski definition) is 2. The minimum atomic E-state index is 0.412. The third-order valence-electron chi connectivity index (χ3n) is 3.03. The summed E-state index contributed by atoms with van der Waals surface area (Å²) in [5.41, 5.74) is 2.64. The van der Waals surface area contributed by atoms with Crippen LogP contribution < -0.4 is 5.32 Å². The molecule has 2 heteroatoms. The van der Waals surface area contributed by atoms with E-state index in [0.29, 0.717) is 6.04 Å². The zero-order valence-electron chi connectivity index (χ0n) is 10.8. The molecule has 16 heavy (non-hydrogen) atoms. The lowest BCUT2D eigenvalue weighted by atomic mass is 10.1. The summed E-state index contributed by atoms with van der Waals surface area (Å²) in [5.74, 6) is 0. The van der Waals surface area contributed by atoms with Gasteiger partial charge in [0.05, 0.1) is 0 Å². The summed E-state index contributed by atoms with van der Waals surface area (Å²) in [7, 11) is 0. The summed E-state index contributed by atoms with van der Waals surface area (Å²) in [6.45, 7) is 7.71. The summed E-state index contributed by atoms with van der Waals surface area (Å²) in [4.78, 5) is 4.18. The highest BCUT2D eigenvalue weighted by molar-refractivity contribution is 5.24. The quantitative estimate of drug-likeness (QED) is 0.710. The SMILES string of the molecule is CCCCCCNC(C)c1cnccc1C. The van der Waals surface area contributed by atoms with Gasteiger partial charge >= 0.3 is 0 Å². The van der Waals surface area contributed by atoms with Crippen molar-refractivity contribution in [2.75, 3.05) is 6.54 Å². The molecule has 0 saturated heterocycles. The molecule has 0 aliphatic rings. The Kier molecular flexibility index (Phi) is 6.09. The number of aryl methyl sites for hydroxylation is 1. The molecule has 1 heterocycles. The molecule has 0 aliphatic carbocycles. The predicted octanol–water partition coefficient (Wildman–Crippen LogP) is 3.62. The Labute approximate surface area is 99.5 Å². The minimum absolute atomic E-state index is 0.412. The van der Waals surface area contributed by atoms with Crippen LogP contribution in [0, 0.1) is 6.92 Å². The van der Waals surface area contributed by atoms with Gasteiger partial charge in [-0.05, 0) is 44.0 Å². The van der Waals surface area contributed by atoms with Gasteiger partial charge in [0, 0.05) is 18.4 Å². The van der Waals surface area contributed by atoms with Crippen molar-refractivity contribution < 1.29 is 0 Å². The fraction of sp³-hybridized carbons (Fsp3) is 0.643. The molecule has 1 aromatic rings. The van der Waals surface area contributed by atoms with Crippen molar-refractivity contribution in [1.29, 1.82) is 0 Å². The average Bonchev–Trinajstić information content (AvgIpc) is 2.29. The van der Waals surface area contributed by atoms with Crippen LogP contribution in [0.1, 0.15) is 56.7 Å². The number of unbranched alkanes of at least 4 members (excludes halogenated alkanes) is 3. The van der Waals surface area contributed by atoms with Crippen molar-refractivity contribution in [2.24, 2.45) is 0 Å². The monoisotopic (exact) mass is 220 g/mol. The van der Waals surface area contributed by atoms with Gasteiger partial charge in [0.15, 0.2) is 0 Å². The standard InChI is InChI=1S/C14H24N2/c1-4-5-6-7-9-16-13(3)14-11-15-10-8-12(14)2/h8,10-11,13,16H,4-7,9H2,1-3H3. The Balaban J connectivity index is 2.30. The molecule has 1 N–H and O–H groups in total. The van der Waals surface area contributed by atoms with Crippen LogP contribution in [-0.2, 0) is 0 Å². The van der Waals surface area contributed by atoms with E-state index in [9.17, 15) is 0 Å². The van der Waals surface area contributed by atoms with Crippen molar-refractivity contribution in [3.63, 3.8) is 0 Å². The molecule has 0 saturated carbocycles. The second-order valence-corrected chi connectivity index (χ2v) is 4.47. The van der Waals surface area contributed by atoms with E-state index in [1.807, 2.05) is 12.4 Å². The van der Waals surface area contributed by atoms with Crippen LogP contribution in [0.25, 0.3) is 0 Å². The summed E-state index contributed by atoms with van der Waals surface area (Å²) in [6.07, 6.45) is 9.09. The van der Waals surface area contributed by atoms with E-state index in [4.69, 9.17) is 0 Å².